The summed E-state index contributed by atoms with van der Waals surface area (Å²) in [6.07, 6.45) is 0. The summed E-state index contributed by atoms with van der Waals surface area (Å²) in [6.45, 7) is 3.29. The van der Waals surface area contributed by atoms with Crippen LogP contribution in [-0.4, -0.2) is 15.0 Å². The molecule has 0 radical (unpaired) electrons. The standard InChI is InChI=1S/C9H7BrCl3NO2S/c1-5(11)4-14-17(15,16)9-7(12)2-6(10)3-8(9)13/h2-3,14H,1,4H2. The van der Waals surface area contributed by atoms with Crippen LogP contribution in [0.3, 0.4) is 0 Å². The van der Waals surface area contributed by atoms with Gasteiger partial charge in [0.2, 0.25) is 10.0 Å². The molecule has 1 aromatic carbocycles. The molecule has 0 amide bonds. The van der Waals surface area contributed by atoms with Gasteiger partial charge >= 0.3 is 0 Å². The fourth-order valence-corrected chi connectivity index (χ4v) is 4.14. The van der Waals surface area contributed by atoms with Gasteiger partial charge in [0.1, 0.15) is 4.90 Å². The highest BCUT2D eigenvalue weighted by atomic mass is 79.9. The van der Waals surface area contributed by atoms with Crippen molar-refractivity contribution in [2.24, 2.45) is 0 Å². The monoisotopic (exact) mass is 377 g/mol. The van der Waals surface area contributed by atoms with Crippen LogP contribution < -0.4 is 4.72 Å². The van der Waals surface area contributed by atoms with Gasteiger partial charge in [0, 0.05) is 16.0 Å². The molecule has 8 heteroatoms. The van der Waals surface area contributed by atoms with E-state index in [2.05, 4.69) is 27.2 Å². The van der Waals surface area contributed by atoms with Gasteiger partial charge in [-0.05, 0) is 12.1 Å². The van der Waals surface area contributed by atoms with Gasteiger partial charge in [0.15, 0.2) is 0 Å². The third kappa shape index (κ3) is 4.12. The van der Waals surface area contributed by atoms with E-state index in [0.717, 1.165) is 0 Å². The van der Waals surface area contributed by atoms with Gasteiger partial charge in [-0.2, -0.15) is 0 Å². The molecule has 3 nitrogen and oxygen atoms in total. The second kappa shape index (κ2) is 5.91. The number of hydrogen-bond donors (Lipinski definition) is 1. The topological polar surface area (TPSA) is 46.2 Å². The summed E-state index contributed by atoms with van der Waals surface area (Å²) in [5.74, 6) is 0. The third-order valence-corrected chi connectivity index (χ3v) is 4.60. The fraction of sp³-hybridized carbons (Fsp3) is 0.111. The summed E-state index contributed by atoms with van der Waals surface area (Å²) in [7, 11) is -3.81. The Morgan fingerprint density at radius 2 is 1.82 bits per heavy atom. The Bertz CT molecular complexity index is 536. The highest BCUT2D eigenvalue weighted by Gasteiger charge is 2.22. The summed E-state index contributed by atoms with van der Waals surface area (Å²) in [5, 5.41) is 0.215. The molecule has 0 spiro atoms. The maximum Gasteiger partial charge on any atom is 0.243 e. The average molecular weight is 379 g/mol. The van der Waals surface area contributed by atoms with Crippen LogP contribution in [-0.2, 0) is 10.0 Å². The Hall–Kier alpha value is 0.220. The number of halogens is 4. The largest absolute Gasteiger partial charge is 0.243 e. The van der Waals surface area contributed by atoms with E-state index in [1.807, 2.05) is 0 Å². The van der Waals surface area contributed by atoms with Crippen molar-refractivity contribution in [1.29, 1.82) is 0 Å². The van der Waals surface area contributed by atoms with Gasteiger partial charge in [0.05, 0.1) is 10.0 Å². The first kappa shape index (κ1) is 15.3. The van der Waals surface area contributed by atoms with E-state index in [0.29, 0.717) is 4.47 Å². The van der Waals surface area contributed by atoms with Gasteiger partial charge in [-0.15, -0.1) is 0 Å². The molecule has 0 aliphatic rings. The molecule has 1 N–H and O–H groups in total. The Morgan fingerprint density at radius 3 is 2.24 bits per heavy atom. The van der Waals surface area contributed by atoms with E-state index < -0.39 is 10.0 Å². The van der Waals surface area contributed by atoms with Crippen molar-refractivity contribution in [2.45, 2.75) is 4.90 Å². The first-order chi connectivity index (χ1) is 7.74. The number of sulfonamides is 1. The van der Waals surface area contributed by atoms with E-state index in [4.69, 9.17) is 34.8 Å². The molecular formula is C9H7BrCl3NO2S. The lowest BCUT2D eigenvalue weighted by molar-refractivity contribution is 0.585. The zero-order valence-corrected chi connectivity index (χ0v) is 13.0. The number of hydrogen-bond acceptors (Lipinski definition) is 2. The molecule has 0 unspecified atom stereocenters. The molecule has 0 saturated carbocycles. The second-order valence-corrected chi connectivity index (χ2v) is 7.01. The first-order valence-electron chi connectivity index (χ1n) is 4.21. The van der Waals surface area contributed by atoms with Crippen LogP contribution in [0, 0.1) is 0 Å². The van der Waals surface area contributed by atoms with Crippen LogP contribution in [0.2, 0.25) is 10.0 Å². The van der Waals surface area contributed by atoms with Crippen molar-refractivity contribution < 1.29 is 8.42 Å². The minimum absolute atomic E-state index is 0.0251. The van der Waals surface area contributed by atoms with Crippen molar-refractivity contribution in [3.8, 4) is 0 Å². The predicted molar refractivity (Wildman–Crippen MR) is 74.3 cm³/mol. The molecule has 0 aromatic heterocycles. The maximum absolute atomic E-state index is 11.9. The van der Waals surface area contributed by atoms with E-state index in [9.17, 15) is 8.42 Å². The van der Waals surface area contributed by atoms with Crippen LogP contribution >= 0.6 is 50.7 Å². The third-order valence-electron chi connectivity index (χ3n) is 1.69. The average Bonchev–Trinajstić information content (AvgIpc) is 2.12. The van der Waals surface area contributed by atoms with Gasteiger partial charge in [-0.3, -0.25) is 0 Å². The smallest absolute Gasteiger partial charge is 0.207 e. The molecule has 0 aliphatic carbocycles. The highest BCUT2D eigenvalue weighted by molar-refractivity contribution is 9.10. The molecule has 0 saturated heterocycles. The normalized spacial score (nSPS) is 11.5. The summed E-state index contributed by atoms with van der Waals surface area (Å²) >= 11 is 20.3. The molecule has 1 rings (SSSR count). The number of rotatable bonds is 4. The van der Waals surface area contributed by atoms with E-state index in [1.54, 1.807) is 0 Å². The zero-order valence-electron chi connectivity index (χ0n) is 8.31. The second-order valence-electron chi connectivity index (χ2n) is 3.04. The molecular weight excluding hydrogens is 372 g/mol. The quantitative estimate of drug-likeness (QED) is 0.865. The van der Waals surface area contributed by atoms with Gasteiger partial charge in [-0.1, -0.05) is 57.3 Å². The lowest BCUT2D eigenvalue weighted by atomic mass is 10.4. The van der Waals surface area contributed by atoms with E-state index >= 15 is 0 Å². The van der Waals surface area contributed by atoms with Crippen LogP contribution in [0.1, 0.15) is 0 Å². The summed E-state index contributed by atoms with van der Waals surface area (Å²) in [5.41, 5.74) is 0. The van der Waals surface area contributed by atoms with Crippen LogP contribution in [0.15, 0.2) is 33.1 Å². The summed E-state index contributed by atoms with van der Waals surface area (Å²) in [6, 6.07) is 2.88. The molecule has 94 valence electrons. The van der Waals surface area contributed by atoms with Crippen LogP contribution in [0.4, 0.5) is 0 Å². The molecule has 0 bridgehead atoms. The van der Waals surface area contributed by atoms with E-state index in [1.165, 1.54) is 12.1 Å². The van der Waals surface area contributed by atoms with Crippen LogP contribution in [0.25, 0.3) is 0 Å². The predicted octanol–water partition coefficient (Wildman–Crippen LogP) is 3.79. The molecule has 17 heavy (non-hydrogen) atoms. The molecule has 0 fully saturated rings. The Kier molecular flexibility index (Phi) is 5.31. The van der Waals surface area contributed by atoms with Crippen molar-refractivity contribution in [3.63, 3.8) is 0 Å². The number of benzene rings is 1. The fourth-order valence-electron chi connectivity index (χ4n) is 1.03. The Labute approximate surface area is 123 Å². The number of nitrogens with one attached hydrogen (secondary N) is 1. The molecule has 0 aliphatic heterocycles. The van der Waals surface area contributed by atoms with Gasteiger partial charge in [0.25, 0.3) is 0 Å². The minimum Gasteiger partial charge on any atom is -0.207 e. The molecule has 1 aromatic rings. The lowest BCUT2D eigenvalue weighted by Gasteiger charge is -2.09. The lowest BCUT2D eigenvalue weighted by Crippen LogP contribution is -2.25. The zero-order chi connectivity index (χ0) is 13.2. The van der Waals surface area contributed by atoms with Gasteiger partial charge < -0.3 is 0 Å². The first-order valence-corrected chi connectivity index (χ1v) is 7.62. The SMILES string of the molecule is C=C(Cl)CNS(=O)(=O)c1c(Cl)cc(Br)cc1Cl. The Balaban J connectivity index is 3.20. The van der Waals surface area contributed by atoms with Gasteiger partial charge in [-0.25, -0.2) is 13.1 Å². The summed E-state index contributed by atoms with van der Waals surface area (Å²) in [4.78, 5) is -0.179. The van der Waals surface area contributed by atoms with Crippen molar-refractivity contribution in [1.82, 2.24) is 4.72 Å². The summed E-state index contributed by atoms with van der Waals surface area (Å²) < 4.78 is 26.6. The minimum atomic E-state index is -3.81. The maximum atomic E-state index is 11.9. The Morgan fingerprint density at radius 1 is 1.35 bits per heavy atom. The molecule has 0 heterocycles. The van der Waals surface area contributed by atoms with E-state index in [-0.39, 0.29) is 26.5 Å². The van der Waals surface area contributed by atoms with Crippen LogP contribution in [0.5, 0.6) is 0 Å². The van der Waals surface area contributed by atoms with Crippen molar-refractivity contribution >= 4 is 60.8 Å². The van der Waals surface area contributed by atoms with Crippen molar-refractivity contribution in [3.05, 3.63) is 38.3 Å². The highest BCUT2D eigenvalue weighted by Crippen LogP contribution is 2.32. The van der Waals surface area contributed by atoms with Crippen molar-refractivity contribution in [2.75, 3.05) is 6.54 Å². The molecule has 0 atom stereocenters.